The molecule has 296 valence electrons. The summed E-state index contributed by atoms with van der Waals surface area (Å²) < 4.78 is 27.4. The van der Waals surface area contributed by atoms with Crippen molar-refractivity contribution < 1.29 is 52.8 Å². The van der Waals surface area contributed by atoms with Crippen LogP contribution in [-0.4, -0.2) is 54.4 Å². The summed E-state index contributed by atoms with van der Waals surface area (Å²) in [6, 6.07) is 27.1. The molecule has 13 heteroatoms. The number of carboxylic acid groups (broad SMARTS) is 1. The van der Waals surface area contributed by atoms with Crippen LogP contribution in [0.25, 0.3) is 0 Å². The Hall–Kier alpha value is -6.37. The first-order valence-electron chi connectivity index (χ1n) is 18.2. The lowest BCUT2D eigenvalue weighted by Crippen LogP contribution is -2.47. The van der Waals surface area contributed by atoms with Crippen molar-refractivity contribution in [2.24, 2.45) is 17.8 Å². The summed E-state index contributed by atoms with van der Waals surface area (Å²) in [5.41, 5.74) is 2.74. The number of amides is 2. The molecule has 0 saturated carbocycles. The van der Waals surface area contributed by atoms with E-state index in [1.54, 1.807) is 107 Å². The molecule has 0 fully saturated rings. The number of carboxylic acids is 1. The minimum atomic E-state index is -1.18. The summed E-state index contributed by atoms with van der Waals surface area (Å²) >= 11 is 0. The van der Waals surface area contributed by atoms with Crippen molar-refractivity contribution in [3.8, 4) is 17.2 Å². The molecule has 13 nitrogen and oxygen atoms in total. The number of aliphatic carboxylic acids is 1. The predicted octanol–water partition coefficient (Wildman–Crippen LogP) is 6.89. The molecule has 0 aliphatic heterocycles. The van der Waals surface area contributed by atoms with Gasteiger partial charge in [0, 0.05) is 0 Å². The van der Waals surface area contributed by atoms with Crippen LogP contribution in [0.4, 0.5) is 9.59 Å². The van der Waals surface area contributed by atoms with E-state index in [4.69, 9.17) is 23.7 Å². The summed E-state index contributed by atoms with van der Waals surface area (Å²) in [6.45, 7) is 6.77. The second kappa shape index (κ2) is 20.9. The molecule has 0 aliphatic rings. The van der Waals surface area contributed by atoms with Gasteiger partial charge in [0.25, 0.3) is 0 Å². The van der Waals surface area contributed by atoms with Crippen LogP contribution < -0.4 is 24.8 Å². The number of ether oxygens (including phenoxy) is 5. The highest BCUT2D eigenvalue weighted by atomic mass is 16.6. The fourth-order valence-corrected chi connectivity index (χ4v) is 5.54. The van der Waals surface area contributed by atoms with E-state index in [2.05, 4.69) is 10.6 Å². The van der Waals surface area contributed by atoms with Crippen molar-refractivity contribution in [3.05, 3.63) is 125 Å². The predicted molar refractivity (Wildman–Crippen MR) is 206 cm³/mol. The fraction of sp³-hybridized carbons (Fsp3) is 0.326. The molecule has 2 amide bonds. The Bertz CT molecular complexity index is 1920. The van der Waals surface area contributed by atoms with Gasteiger partial charge in [-0.2, -0.15) is 0 Å². The van der Waals surface area contributed by atoms with Crippen molar-refractivity contribution >= 4 is 30.1 Å². The van der Waals surface area contributed by atoms with Gasteiger partial charge in [-0.05, 0) is 71.2 Å². The minimum Gasteiger partial charge on any atom is -0.497 e. The van der Waals surface area contributed by atoms with Crippen molar-refractivity contribution in [2.75, 3.05) is 7.11 Å². The van der Waals surface area contributed by atoms with Crippen LogP contribution >= 0.6 is 0 Å². The number of carbonyl (C=O) groups is 5. The SMILES string of the molecule is COc1ccc(CC(Cc2ccc(OC(=O)[C@@H](NC(=O)OCc3ccccc3)C(C)C)c(OC(=O)[C@@H](NC(=O)OCc3ccccc3)C(C)C)c2)C(=O)O)cc1. The van der Waals surface area contributed by atoms with Crippen LogP contribution in [0, 0.1) is 17.8 Å². The van der Waals surface area contributed by atoms with Crippen molar-refractivity contribution in [2.45, 2.75) is 65.8 Å². The van der Waals surface area contributed by atoms with E-state index in [0.717, 1.165) is 16.7 Å². The van der Waals surface area contributed by atoms with Gasteiger partial charge in [-0.1, -0.05) is 107 Å². The van der Waals surface area contributed by atoms with E-state index in [-0.39, 0.29) is 37.6 Å². The Labute approximate surface area is 326 Å². The second-order valence-electron chi connectivity index (χ2n) is 13.8. The zero-order chi connectivity index (χ0) is 40.6. The molecule has 0 aromatic heterocycles. The van der Waals surface area contributed by atoms with Gasteiger partial charge in [0.15, 0.2) is 11.5 Å². The average Bonchev–Trinajstić information content (AvgIpc) is 3.18. The summed E-state index contributed by atoms with van der Waals surface area (Å²) in [5, 5.41) is 15.2. The van der Waals surface area contributed by atoms with Gasteiger partial charge in [-0.15, -0.1) is 0 Å². The van der Waals surface area contributed by atoms with Gasteiger partial charge in [-0.3, -0.25) is 4.79 Å². The maximum atomic E-state index is 13.7. The number of esters is 2. The molecule has 0 spiro atoms. The van der Waals surface area contributed by atoms with Crippen molar-refractivity contribution in [3.63, 3.8) is 0 Å². The Balaban J connectivity index is 1.56. The van der Waals surface area contributed by atoms with E-state index < -0.39 is 59.9 Å². The molecule has 4 aromatic rings. The Morgan fingerprint density at radius 3 is 1.46 bits per heavy atom. The lowest BCUT2D eigenvalue weighted by atomic mass is 9.92. The van der Waals surface area contributed by atoms with E-state index in [1.165, 1.54) is 19.2 Å². The maximum absolute atomic E-state index is 13.7. The average molecular weight is 769 g/mol. The molecule has 4 aromatic carbocycles. The van der Waals surface area contributed by atoms with E-state index >= 15 is 0 Å². The number of hydrogen-bond donors (Lipinski definition) is 3. The topological polar surface area (TPSA) is 176 Å². The lowest BCUT2D eigenvalue weighted by Gasteiger charge is -2.23. The van der Waals surface area contributed by atoms with Gasteiger partial charge < -0.3 is 39.4 Å². The highest BCUT2D eigenvalue weighted by molar-refractivity contribution is 5.86. The standard InChI is InChI=1S/C43H48N2O11/c1-27(2)37(44-42(50)53-25-30-12-8-6-9-13-30)40(48)55-35-21-18-32(23-33(39(46)47)22-29-16-19-34(52-5)20-17-29)24-36(35)56-41(49)38(28(3)4)45-43(51)54-26-31-14-10-7-11-15-31/h6-21,24,27-28,33,37-38H,22-23,25-26H2,1-5H3,(H,44,50)(H,45,51)(H,46,47)/t33?,37-,38-/m0/s1. The highest BCUT2D eigenvalue weighted by Gasteiger charge is 2.31. The zero-order valence-electron chi connectivity index (χ0n) is 32.1. The van der Waals surface area contributed by atoms with Crippen LogP contribution in [0.5, 0.6) is 17.2 Å². The van der Waals surface area contributed by atoms with Crippen LogP contribution in [0.2, 0.25) is 0 Å². The number of hydrogen-bond acceptors (Lipinski definition) is 10. The summed E-state index contributed by atoms with van der Waals surface area (Å²) in [6.07, 6.45) is -1.47. The molecule has 0 bridgehead atoms. The third-order valence-electron chi connectivity index (χ3n) is 8.72. The van der Waals surface area contributed by atoms with E-state index in [1.807, 2.05) is 12.1 Å². The largest absolute Gasteiger partial charge is 0.497 e. The molecule has 3 atom stereocenters. The number of methoxy groups -OCH3 is 1. The summed E-state index contributed by atoms with van der Waals surface area (Å²) in [4.78, 5) is 65.2. The zero-order valence-corrected chi connectivity index (χ0v) is 32.1. The van der Waals surface area contributed by atoms with Gasteiger partial charge in [0.2, 0.25) is 0 Å². The monoisotopic (exact) mass is 768 g/mol. The molecule has 0 radical (unpaired) electrons. The number of nitrogens with one attached hydrogen (secondary N) is 2. The first-order valence-corrected chi connectivity index (χ1v) is 18.2. The fourth-order valence-electron chi connectivity index (χ4n) is 5.54. The third kappa shape index (κ3) is 13.2. The normalized spacial score (nSPS) is 12.5. The number of carbonyl (C=O) groups excluding carboxylic acids is 4. The number of rotatable bonds is 18. The molecule has 0 heterocycles. The third-order valence-corrected chi connectivity index (χ3v) is 8.72. The maximum Gasteiger partial charge on any atom is 0.408 e. The lowest BCUT2D eigenvalue weighted by molar-refractivity contribution is -0.141. The minimum absolute atomic E-state index is 0.0191. The molecule has 0 saturated heterocycles. The summed E-state index contributed by atoms with van der Waals surface area (Å²) in [5.74, 6) is -4.31. The molecule has 56 heavy (non-hydrogen) atoms. The van der Waals surface area contributed by atoms with Gasteiger partial charge in [-0.25, -0.2) is 19.2 Å². The van der Waals surface area contributed by atoms with Gasteiger partial charge >= 0.3 is 30.1 Å². The van der Waals surface area contributed by atoms with E-state index in [9.17, 15) is 29.1 Å². The first-order chi connectivity index (χ1) is 26.8. The summed E-state index contributed by atoms with van der Waals surface area (Å²) in [7, 11) is 1.54. The molecular weight excluding hydrogens is 720 g/mol. The quantitative estimate of drug-likeness (QED) is 0.0710. The Morgan fingerprint density at radius 1 is 0.571 bits per heavy atom. The van der Waals surface area contributed by atoms with Crippen molar-refractivity contribution in [1.82, 2.24) is 10.6 Å². The Kier molecular flexibility index (Phi) is 15.8. The first kappa shape index (κ1) is 42.4. The molecular formula is C43H48N2O11. The van der Waals surface area contributed by atoms with Gasteiger partial charge in [0.1, 0.15) is 31.0 Å². The van der Waals surface area contributed by atoms with Gasteiger partial charge in [0.05, 0.1) is 13.0 Å². The molecule has 0 aliphatic carbocycles. The van der Waals surface area contributed by atoms with Crippen LogP contribution in [-0.2, 0) is 49.9 Å². The smallest absolute Gasteiger partial charge is 0.408 e. The van der Waals surface area contributed by atoms with E-state index in [0.29, 0.717) is 11.3 Å². The number of benzene rings is 4. The van der Waals surface area contributed by atoms with Crippen LogP contribution in [0.3, 0.4) is 0 Å². The van der Waals surface area contributed by atoms with Crippen LogP contribution in [0.15, 0.2) is 103 Å². The molecule has 4 rings (SSSR count). The van der Waals surface area contributed by atoms with Crippen LogP contribution in [0.1, 0.15) is 49.9 Å². The molecule has 3 N–H and O–H groups in total. The molecule has 1 unspecified atom stereocenters. The van der Waals surface area contributed by atoms with Crippen molar-refractivity contribution in [1.29, 1.82) is 0 Å². The number of alkyl carbamates (subject to hydrolysis) is 2. The highest BCUT2D eigenvalue weighted by Crippen LogP contribution is 2.32. The second-order valence-corrected chi connectivity index (χ2v) is 13.8. The Morgan fingerprint density at radius 2 is 1.02 bits per heavy atom.